The van der Waals surface area contributed by atoms with Gasteiger partial charge < -0.3 is 14.6 Å². The molecule has 1 atom stereocenters. The highest BCUT2D eigenvalue weighted by Crippen LogP contribution is 2.22. The minimum atomic E-state index is -0.703. The number of halogens is 1. The lowest BCUT2D eigenvalue weighted by Crippen LogP contribution is -2.48. The Hall–Kier alpha value is -2.57. The summed E-state index contributed by atoms with van der Waals surface area (Å²) in [5.41, 5.74) is 0.961. The summed E-state index contributed by atoms with van der Waals surface area (Å²) < 4.78 is 5.81. The lowest BCUT2D eigenvalue weighted by molar-refractivity contribution is -0.132. The molecule has 3 rings (SSSR count). The topological polar surface area (TPSA) is 62.6 Å². The monoisotopic (exact) mass is 402 g/mol. The summed E-state index contributed by atoms with van der Waals surface area (Å²) in [6.07, 6.45) is 1.82. The van der Waals surface area contributed by atoms with E-state index in [1.165, 1.54) is 17.6 Å². The molecule has 2 amide bonds. The number of furan rings is 1. The van der Waals surface area contributed by atoms with Gasteiger partial charge >= 0.3 is 0 Å². The third-order valence-electron chi connectivity index (χ3n) is 4.03. The first-order valence-electron chi connectivity index (χ1n) is 8.40. The van der Waals surface area contributed by atoms with E-state index in [4.69, 9.17) is 16.0 Å². The summed E-state index contributed by atoms with van der Waals surface area (Å²) in [5.74, 6) is -0.418. The second-order valence-electron chi connectivity index (χ2n) is 6.09. The number of amides is 2. The molecule has 2 aromatic heterocycles. The number of carbonyl (C=O) groups excluding carboxylic acids is 2. The second kappa shape index (κ2) is 8.88. The highest BCUT2D eigenvalue weighted by Gasteiger charge is 2.26. The Morgan fingerprint density at radius 1 is 1.15 bits per heavy atom. The average Bonchev–Trinajstić information content (AvgIpc) is 3.33. The first-order valence-corrected chi connectivity index (χ1v) is 9.60. The van der Waals surface area contributed by atoms with Crippen molar-refractivity contribution in [3.8, 4) is 0 Å². The standard InChI is InChI=1S/C20H19ClN2O3S/c1-23(13-15-9-10-18(21)27-15)20(25)16(12-14-6-3-2-4-7-14)22-19(24)17-8-5-11-26-17/h2-11,16H,12-13H2,1H3,(H,22,24). The van der Waals surface area contributed by atoms with Crippen LogP contribution in [0, 0.1) is 0 Å². The number of thiophene rings is 1. The lowest BCUT2D eigenvalue weighted by atomic mass is 10.0. The van der Waals surface area contributed by atoms with Crippen molar-refractivity contribution in [3.63, 3.8) is 0 Å². The van der Waals surface area contributed by atoms with Crippen molar-refractivity contribution in [3.05, 3.63) is 81.4 Å². The highest BCUT2D eigenvalue weighted by atomic mass is 35.5. The summed E-state index contributed by atoms with van der Waals surface area (Å²) in [7, 11) is 1.72. The van der Waals surface area contributed by atoms with Crippen LogP contribution < -0.4 is 5.32 Å². The minimum absolute atomic E-state index is 0.175. The van der Waals surface area contributed by atoms with Crippen molar-refractivity contribution in [2.75, 3.05) is 7.05 Å². The molecule has 1 aromatic carbocycles. The van der Waals surface area contributed by atoms with Crippen LogP contribution in [0.25, 0.3) is 0 Å². The maximum Gasteiger partial charge on any atom is 0.287 e. The molecular weight excluding hydrogens is 384 g/mol. The number of hydrogen-bond acceptors (Lipinski definition) is 4. The molecule has 5 nitrogen and oxygen atoms in total. The molecule has 3 aromatic rings. The third kappa shape index (κ3) is 5.21. The van der Waals surface area contributed by atoms with Gasteiger partial charge in [0.05, 0.1) is 17.1 Å². The summed E-state index contributed by atoms with van der Waals surface area (Å²) in [6.45, 7) is 0.429. The fourth-order valence-electron chi connectivity index (χ4n) is 2.70. The molecular formula is C20H19ClN2O3S. The Morgan fingerprint density at radius 3 is 2.56 bits per heavy atom. The lowest BCUT2D eigenvalue weighted by Gasteiger charge is -2.24. The van der Waals surface area contributed by atoms with Gasteiger partial charge in [-0.3, -0.25) is 9.59 Å². The van der Waals surface area contributed by atoms with Crippen LogP contribution in [0.3, 0.4) is 0 Å². The van der Waals surface area contributed by atoms with Crippen molar-refractivity contribution in [2.24, 2.45) is 0 Å². The van der Waals surface area contributed by atoms with Crippen LogP contribution in [0.1, 0.15) is 21.0 Å². The first-order chi connectivity index (χ1) is 13.0. The molecule has 1 unspecified atom stereocenters. The number of nitrogens with zero attached hydrogens (tertiary/aromatic N) is 1. The van der Waals surface area contributed by atoms with Crippen LogP contribution >= 0.6 is 22.9 Å². The fourth-order valence-corrected chi connectivity index (χ4v) is 3.84. The fraction of sp³-hybridized carbons (Fsp3) is 0.200. The normalized spacial score (nSPS) is 11.8. The first kappa shape index (κ1) is 19.2. The zero-order valence-electron chi connectivity index (χ0n) is 14.7. The van der Waals surface area contributed by atoms with Gasteiger partial charge in [0, 0.05) is 18.3 Å². The zero-order valence-corrected chi connectivity index (χ0v) is 16.3. The van der Waals surface area contributed by atoms with E-state index >= 15 is 0 Å². The number of rotatable bonds is 7. The molecule has 0 saturated carbocycles. The average molecular weight is 403 g/mol. The molecule has 0 bridgehead atoms. The van der Waals surface area contributed by atoms with Crippen LogP contribution in [0.5, 0.6) is 0 Å². The van der Waals surface area contributed by atoms with E-state index in [1.54, 1.807) is 30.1 Å². The number of carbonyl (C=O) groups is 2. The number of hydrogen-bond donors (Lipinski definition) is 1. The van der Waals surface area contributed by atoms with Gasteiger partial charge in [0.25, 0.3) is 5.91 Å². The predicted molar refractivity (Wildman–Crippen MR) is 106 cm³/mol. The second-order valence-corrected chi connectivity index (χ2v) is 7.89. The van der Waals surface area contributed by atoms with Gasteiger partial charge in [-0.2, -0.15) is 0 Å². The van der Waals surface area contributed by atoms with Gasteiger partial charge in [-0.15, -0.1) is 11.3 Å². The Morgan fingerprint density at radius 2 is 1.93 bits per heavy atom. The van der Waals surface area contributed by atoms with E-state index in [9.17, 15) is 9.59 Å². The third-order valence-corrected chi connectivity index (χ3v) is 5.25. The summed E-state index contributed by atoms with van der Waals surface area (Å²) in [6, 6.07) is 15.8. The molecule has 0 saturated heterocycles. The smallest absolute Gasteiger partial charge is 0.287 e. The summed E-state index contributed by atoms with van der Waals surface area (Å²) >= 11 is 7.40. The quantitative estimate of drug-likeness (QED) is 0.649. The van der Waals surface area contributed by atoms with Crippen LogP contribution in [0.15, 0.2) is 65.3 Å². The van der Waals surface area contributed by atoms with E-state index < -0.39 is 11.9 Å². The maximum atomic E-state index is 13.0. The molecule has 0 spiro atoms. The molecule has 0 aliphatic rings. The molecule has 0 aliphatic heterocycles. The minimum Gasteiger partial charge on any atom is -0.459 e. The highest BCUT2D eigenvalue weighted by molar-refractivity contribution is 7.16. The molecule has 7 heteroatoms. The zero-order chi connectivity index (χ0) is 19.2. The van der Waals surface area contributed by atoms with Gasteiger partial charge in [-0.1, -0.05) is 41.9 Å². The van der Waals surface area contributed by atoms with Crippen molar-refractivity contribution >= 4 is 34.8 Å². The molecule has 0 fully saturated rings. The maximum absolute atomic E-state index is 13.0. The van der Waals surface area contributed by atoms with Gasteiger partial charge in [0.15, 0.2) is 5.76 Å². The van der Waals surface area contributed by atoms with E-state index in [-0.39, 0.29) is 11.7 Å². The molecule has 140 valence electrons. The molecule has 0 aliphatic carbocycles. The van der Waals surface area contributed by atoms with Crippen LogP contribution in [0.4, 0.5) is 0 Å². The number of likely N-dealkylation sites (N-methyl/N-ethyl adjacent to an activating group) is 1. The number of benzene rings is 1. The van der Waals surface area contributed by atoms with E-state index in [0.29, 0.717) is 17.3 Å². The SMILES string of the molecule is CN(Cc1ccc(Cl)s1)C(=O)C(Cc1ccccc1)NC(=O)c1ccco1. The van der Waals surface area contributed by atoms with Crippen molar-refractivity contribution in [1.29, 1.82) is 0 Å². The largest absolute Gasteiger partial charge is 0.459 e. The number of nitrogens with one attached hydrogen (secondary N) is 1. The van der Waals surface area contributed by atoms with Gasteiger partial charge in [-0.05, 0) is 29.8 Å². The summed E-state index contributed by atoms with van der Waals surface area (Å²) in [4.78, 5) is 28.0. The van der Waals surface area contributed by atoms with Crippen LogP contribution in [0.2, 0.25) is 4.34 Å². The Kier molecular flexibility index (Phi) is 6.32. The molecule has 1 N–H and O–H groups in total. The Labute approximate surface area is 166 Å². The van der Waals surface area contributed by atoms with Crippen molar-refractivity contribution < 1.29 is 14.0 Å². The molecule has 0 radical (unpaired) electrons. The van der Waals surface area contributed by atoms with Gasteiger partial charge in [-0.25, -0.2) is 0 Å². The van der Waals surface area contributed by atoms with Gasteiger partial charge in [0.2, 0.25) is 5.91 Å². The molecule has 27 heavy (non-hydrogen) atoms. The predicted octanol–water partition coefficient (Wildman–Crippen LogP) is 3.99. The van der Waals surface area contributed by atoms with E-state index in [1.807, 2.05) is 36.4 Å². The van der Waals surface area contributed by atoms with E-state index in [2.05, 4.69) is 5.32 Å². The van der Waals surface area contributed by atoms with Crippen molar-refractivity contribution in [2.45, 2.75) is 19.0 Å². The van der Waals surface area contributed by atoms with Crippen LogP contribution in [-0.4, -0.2) is 29.8 Å². The Bertz CT molecular complexity index is 893. The van der Waals surface area contributed by atoms with E-state index in [0.717, 1.165) is 10.4 Å². The van der Waals surface area contributed by atoms with Crippen molar-refractivity contribution in [1.82, 2.24) is 10.2 Å². The summed E-state index contributed by atoms with van der Waals surface area (Å²) in [5, 5.41) is 2.79. The molecule has 2 heterocycles. The van der Waals surface area contributed by atoms with Gasteiger partial charge in [0.1, 0.15) is 6.04 Å². The Balaban J connectivity index is 1.74. The van der Waals surface area contributed by atoms with Crippen LogP contribution in [-0.2, 0) is 17.8 Å².